The highest BCUT2D eigenvalue weighted by atomic mass is 35.5. The van der Waals surface area contributed by atoms with Crippen molar-refractivity contribution in [3.63, 3.8) is 0 Å². The normalized spacial score (nSPS) is 19.9. The molecule has 1 aromatic carbocycles. The fourth-order valence-corrected chi connectivity index (χ4v) is 3.52. The van der Waals surface area contributed by atoms with Gasteiger partial charge in [-0.25, -0.2) is 0 Å². The monoisotopic (exact) mass is 398 g/mol. The van der Waals surface area contributed by atoms with E-state index in [1.807, 2.05) is 25.1 Å². The Hall–Kier alpha value is -1.46. The zero-order valence-corrected chi connectivity index (χ0v) is 17.6. The molecule has 2 rings (SSSR count). The number of carbonyl (C=O) groups excluding carboxylic acids is 1. The van der Waals surface area contributed by atoms with E-state index in [4.69, 9.17) is 15.2 Å². The minimum Gasteiger partial charge on any atom is -0.490 e. The predicted molar refractivity (Wildman–Crippen MR) is 112 cm³/mol. The van der Waals surface area contributed by atoms with E-state index < -0.39 is 0 Å². The smallest absolute Gasteiger partial charge is 0.223 e. The Morgan fingerprint density at radius 1 is 1.19 bits per heavy atom. The second-order valence-electron chi connectivity index (χ2n) is 7.17. The molecule has 1 aromatic rings. The Morgan fingerprint density at radius 2 is 1.85 bits per heavy atom. The number of amides is 1. The Morgan fingerprint density at radius 3 is 2.48 bits per heavy atom. The number of carbonyl (C=O) groups is 1. The summed E-state index contributed by atoms with van der Waals surface area (Å²) in [4.78, 5) is 12.6. The summed E-state index contributed by atoms with van der Waals surface area (Å²) in [6.45, 7) is 8.06. The largest absolute Gasteiger partial charge is 0.490 e. The molecular formula is C21H35ClN2O3. The van der Waals surface area contributed by atoms with Gasteiger partial charge in [-0.1, -0.05) is 26.3 Å². The zero-order valence-electron chi connectivity index (χ0n) is 16.8. The van der Waals surface area contributed by atoms with E-state index >= 15 is 0 Å². The molecule has 1 fully saturated rings. The van der Waals surface area contributed by atoms with Crippen LogP contribution in [0.25, 0.3) is 0 Å². The topological polar surface area (TPSA) is 73.6 Å². The fourth-order valence-electron chi connectivity index (χ4n) is 3.52. The molecule has 3 atom stereocenters. The lowest BCUT2D eigenvalue weighted by molar-refractivity contribution is -0.126. The second-order valence-corrected chi connectivity index (χ2v) is 7.17. The van der Waals surface area contributed by atoms with Gasteiger partial charge in [-0.2, -0.15) is 0 Å². The van der Waals surface area contributed by atoms with Crippen molar-refractivity contribution in [2.24, 2.45) is 17.6 Å². The predicted octanol–water partition coefficient (Wildman–Crippen LogP) is 4.24. The Kier molecular flexibility index (Phi) is 10.6. The Labute approximate surface area is 169 Å². The molecule has 1 aliphatic carbocycles. The number of halogens is 1. The first-order valence-electron chi connectivity index (χ1n) is 10.0. The van der Waals surface area contributed by atoms with E-state index in [0.717, 1.165) is 49.2 Å². The van der Waals surface area contributed by atoms with Crippen LogP contribution < -0.4 is 20.5 Å². The summed E-state index contributed by atoms with van der Waals surface area (Å²) in [5.74, 6) is 2.00. The highest BCUT2D eigenvalue weighted by molar-refractivity contribution is 5.85. The lowest BCUT2D eigenvalue weighted by Gasteiger charge is -2.22. The average Bonchev–Trinajstić information content (AvgIpc) is 3.13. The number of ether oxygens (including phenoxy) is 2. The summed E-state index contributed by atoms with van der Waals surface area (Å²) in [6.07, 6.45) is 4.97. The van der Waals surface area contributed by atoms with E-state index in [1.165, 1.54) is 0 Å². The van der Waals surface area contributed by atoms with Gasteiger partial charge in [-0.05, 0) is 62.8 Å². The molecular weight excluding hydrogens is 364 g/mol. The van der Waals surface area contributed by atoms with Crippen LogP contribution in [-0.2, 0) is 4.79 Å². The quantitative estimate of drug-likeness (QED) is 0.618. The molecule has 1 aliphatic rings. The minimum absolute atomic E-state index is 0. The molecule has 0 radical (unpaired) electrons. The van der Waals surface area contributed by atoms with Gasteiger partial charge in [0.2, 0.25) is 5.91 Å². The van der Waals surface area contributed by atoms with Crippen LogP contribution in [-0.4, -0.2) is 25.7 Å². The first-order chi connectivity index (χ1) is 12.6. The van der Waals surface area contributed by atoms with Gasteiger partial charge >= 0.3 is 0 Å². The van der Waals surface area contributed by atoms with Crippen molar-refractivity contribution in [1.29, 1.82) is 0 Å². The van der Waals surface area contributed by atoms with Crippen molar-refractivity contribution in [2.75, 3.05) is 19.8 Å². The maximum absolute atomic E-state index is 12.6. The summed E-state index contributed by atoms with van der Waals surface area (Å²) in [5.41, 5.74) is 6.84. The van der Waals surface area contributed by atoms with E-state index in [9.17, 15) is 4.79 Å². The number of benzene rings is 1. The van der Waals surface area contributed by atoms with Crippen molar-refractivity contribution < 1.29 is 14.3 Å². The van der Waals surface area contributed by atoms with Crippen LogP contribution in [0.2, 0.25) is 0 Å². The third kappa shape index (κ3) is 6.58. The summed E-state index contributed by atoms with van der Waals surface area (Å²) >= 11 is 0. The molecule has 0 aromatic heterocycles. The fraction of sp³-hybridized carbons (Fsp3) is 0.667. The summed E-state index contributed by atoms with van der Waals surface area (Å²) in [6, 6.07) is 5.85. The number of nitrogens with two attached hydrogens (primary N) is 1. The SMILES string of the molecule is CCCOc1ccc(C(C)NC(=O)[C@@H]2CCC[C@@H]2CN)cc1OCCC.Cl. The molecule has 1 amide bonds. The van der Waals surface area contributed by atoms with Gasteiger partial charge in [0.1, 0.15) is 0 Å². The molecule has 1 saturated carbocycles. The van der Waals surface area contributed by atoms with Crippen LogP contribution in [0, 0.1) is 11.8 Å². The highest BCUT2D eigenvalue weighted by Crippen LogP contribution is 2.33. The molecule has 5 nitrogen and oxygen atoms in total. The van der Waals surface area contributed by atoms with Crippen LogP contribution in [0.3, 0.4) is 0 Å². The summed E-state index contributed by atoms with van der Waals surface area (Å²) in [7, 11) is 0. The van der Waals surface area contributed by atoms with Crippen molar-refractivity contribution in [1.82, 2.24) is 5.32 Å². The second kappa shape index (κ2) is 12.1. The van der Waals surface area contributed by atoms with Gasteiger partial charge in [-0.15, -0.1) is 12.4 Å². The van der Waals surface area contributed by atoms with Crippen molar-refractivity contribution in [3.8, 4) is 11.5 Å². The van der Waals surface area contributed by atoms with E-state index in [-0.39, 0.29) is 30.3 Å². The maximum Gasteiger partial charge on any atom is 0.223 e. The number of nitrogens with one attached hydrogen (secondary N) is 1. The van der Waals surface area contributed by atoms with Crippen molar-refractivity contribution >= 4 is 18.3 Å². The van der Waals surface area contributed by atoms with E-state index in [0.29, 0.717) is 25.7 Å². The molecule has 0 saturated heterocycles. The summed E-state index contributed by atoms with van der Waals surface area (Å²) in [5, 5.41) is 3.16. The van der Waals surface area contributed by atoms with Crippen LogP contribution in [0.5, 0.6) is 11.5 Å². The number of hydrogen-bond acceptors (Lipinski definition) is 4. The number of rotatable bonds is 10. The van der Waals surface area contributed by atoms with Gasteiger partial charge in [0.25, 0.3) is 0 Å². The van der Waals surface area contributed by atoms with Crippen LogP contribution in [0.4, 0.5) is 0 Å². The molecule has 6 heteroatoms. The third-order valence-electron chi connectivity index (χ3n) is 5.05. The lowest BCUT2D eigenvalue weighted by atomic mass is 9.94. The van der Waals surface area contributed by atoms with Crippen LogP contribution in [0.1, 0.15) is 64.5 Å². The van der Waals surface area contributed by atoms with Gasteiger partial charge in [-0.3, -0.25) is 4.79 Å². The molecule has 0 spiro atoms. The maximum atomic E-state index is 12.6. The molecule has 1 unspecified atom stereocenters. The van der Waals surface area contributed by atoms with E-state index in [2.05, 4.69) is 19.2 Å². The highest BCUT2D eigenvalue weighted by Gasteiger charge is 2.32. The lowest BCUT2D eigenvalue weighted by Crippen LogP contribution is -2.36. The molecule has 3 N–H and O–H groups in total. The zero-order chi connectivity index (χ0) is 18.9. The minimum atomic E-state index is -0.0780. The molecule has 0 aliphatic heterocycles. The van der Waals surface area contributed by atoms with E-state index in [1.54, 1.807) is 0 Å². The third-order valence-corrected chi connectivity index (χ3v) is 5.05. The molecule has 27 heavy (non-hydrogen) atoms. The van der Waals surface area contributed by atoms with Gasteiger partial charge in [0.05, 0.1) is 19.3 Å². The Balaban J connectivity index is 0.00000364. The van der Waals surface area contributed by atoms with Crippen LogP contribution in [0.15, 0.2) is 18.2 Å². The molecule has 0 heterocycles. The average molecular weight is 399 g/mol. The van der Waals surface area contributed by atoms with Crippen LogP contribution >= 0.6 is 12.4 Å². The van der Waals surface area contributed by atoms with Gasteiger partial charge in [0, 0.05) is 5.92 Å². The van der Waals surface area contributed by atoms with Gasteiger partial charge < -0.3 is 20.5 Å². The Bertz CT molecular complexity index is 583. The first-order valence-corrected chi connectivity index (χ1v) is 10.0. The van der Waals surface area contributed by atoms with Crippen molar-refractivity contribution in [3.05, 3.63) is 23.8 Å². The molecule has 154 valence electrons. The summed E-state index contributed by atoms with van der Waals surface area (Å²) < 4.78 is 11.6. The number of hydrogen-bond donors (Lipinski definition) is 2. The molecule has 0 bridgehead atoms. The first kappa shape index (κ1) is 23.6. The van der Waals surface area contributed by atoms with Crippen molar-refractivity contribution in [2.45, 2.75) is 58.9 Å². The van der Waals surface area contributed by atoms with Gasteiger partial charge in [0.15, 0.2) is 11.5 Å². The standard InChI is InChI=1S/C21H34N2O3.ClH/c1-4-11-25-19-10-9-16(13-20(19)26-12-5-2)15(3)23-21(24)18-8-6-7-17(18)14-22;/h9-10,13,15,17-18H,4-8,11-12,14,22H2,1-3H3,(H,23,24);1H/t15?,17-,18-;/m1./s1.